The monoisotopic (exact) mass is 399 g/mol. The number of rotatable bonds is 7. The molecule has 2 aromatic carbocycles. The average molecular weight is 400 g/mol. The van der Waals surface area contributed by atoms with Gasteiger partial charge < -0.3 is 15.5 Å². The molecule has 0 amide bonds. The Morgan fingerprint density at radius 1 is 0.933 bits per heavy atom. The highest BCUT2D eigenvalue weighted by atomic mass is 15.1. The maximum atomic E-state index is 4.69. The molecule has 0 aliphatic carbocycles. The predicted molar refractivity (Wildman–Crippen MR) is 126 cm³/mol. The lowest BCUT2D eigenvalue weighted by atomic mass is 10.1. The molecular formula is C25H29N5. The van der Waals surface area contributed by atoms with E-state index in [-0.39, 0.29) is 0 Å². The summed E-state index contributed by atoms with van der Waals surface area (Å²) in [5, 5.41) is 6.62. The summed E-state index contributed by atoms with van der Waals surface area (Å²) >= 11 is 0. The van der Waals surface area contributed by atoms with Crippen molar-refractivity contribution in [2.45, 2.75) is 32.6 Å². The minimum absolute atomic E-state index is 0.597. The Kier molecular flexibility index (Phi) is 6.28. The van der Waals surface area contributed by atoms with Gasteiger partial charge in [-0.25, -0.2) is 9.97 Å². The van der Waals surface area contributed by atoms with Gasteiger partial charge in [-0.3, -0.25) is 0 Å². The summed E-state index contributed by atoms with van der Waals surface area (Å²) in [6.45, 7) is 8.38. The summed E-state index contributed by atoms with van der Waals surface area (Å²) in [4.78, 5) is 11.5. The zero-order valence-electron chi connectivity index (χ0n) is 17.6. The summed E-state index contributed by atoms with van der Waals surface area (Å²) < 4.78 is 0. The molecule has 0 bridgehead atoms. The van der Waals surface area contributed by atoms with E-state index in [1.807, 2.05) is 18.2 Å². The Labute approximate surface area is 178 Å². The average Bonchev–Trinajstić information content (AvgIpc) is 2.81. The van der Waals surface area contributed by atoms with Crippen molar-refractivity contribution in [2.75, 3.05) is 28.6 Å². The van der Waals surface area contributed by atoms with Crippen LogP contribution in [0.3, 0.4) is 0 Å². The molecule has 1 aliphatic rings. The van der Waals surface area contributed by atoms with Gasteiger partial charge in [0.2, 0.25) is 5.95 Å². The van der Waals surface area contributed by atoms with Crippen LogP contribution in [0.4, 0.5) is 23.0 Å². The van der Waals surface area contributed by atoms with E-state index in [0.717, 1.165) is 47.8 Å². The molecule has 3 aromatic rings. The van der Waals surface area contributed by atoms with Crippen LogP contribution in [0.25, 0.3) is 11.3 Å². The summed E-state index contributed by atoms with van der Waals surface area (Å²) in [5.41, 5.74) is 6.25. The Balaban J connectivity index is 1.43. The maximum Gasteiger partial charge on any atom is 0.227 e. The second-order valence-electron chi connectivity index (χ2n) is 7.64. The highest BCUT2D eigenvalue weighted by Gasteiger charge is 2.11. The smallest absolute Gasteiger partial charge is 0.227 e. The van der Waals surface area contributed by atoms with Crippen LogP contribution in [-0.2, 0) is 0 Å². The van der Waals surface area contributed by atoms with Gasteiger partial charge in [0, 0.05) is 47.6 Å². The number of benzene rings is 2. The van der Waals surface area contributed by atoms with E-state index in [1.54, 1.807) is 6.20 Å². The van der Waals surface area contributed by atoms with Crippen molar-refractivity contribution < 1.29 is 0 Å². The number of nitrogens with zero attached hydrogens (tertiary/aromatic N) is 3. The molecule has 4 rings (SSSR count). The first-order valence-corrected chi connectivity index (χ1v) is 10.7. The lowest BCUT2D eigenvalue weighted by Crippen LogP contribution is -2.29. The third-order valence-electron chi connectivity index (χ3n) is 5.43. The zero-order valence-corrected chi connectivity index (χ0v) is 17.6. The van der Waals surface area contributed by atoms with Crippen LogP contribution in [0.2, 0.25) is 0 Å². The molecule has 30 heavy (non-hydrogen) atoms. The first kappa shape index (κ1) is 20.0. The Hall–Kier alpha value is -3.34. The van der Waals surface area contributed by atoms with Gasteiger partial charge in [-0.1, -0.05) is 25.6 Å². The third-order valence-corrected chi connectivity index (χ3v) is 5.43. The number of nitrogens with one attached hydrogen (secondary N) is 2. The molecule has 1 aromatic heterocycles. The topological polar surface area (TPSA) is 53.1 Å². The number of hydrogen-bond donors (Lipinski definition) is 2. The fourth-order valence-electron chi connectivity index (χ4n) is 3.63. The molecule has 5 heteroatoms. The van der Waals surface area contributed by atoms with Crippen molar-refractivity contribution >= 4 is 23.0 Å². The molecule has 154 valence electrons. The SMILES string of the molecule is C=C(CC)Nc1ccc(-c2ccnc(Nc3ccc(N4CCCCC4)cc3)n2)cc1. The molecule has 0 spiro atoms. The predicted octanol–water partition coefficient (Wildman–Crippen LogP) is 6.21. The first-order valence-electron chi connectivity index (χ1n) is 10.7. The Morgan fingerprint density at radius 3 is 2.33 bits per heavy atom. The van der Waals surface area contributed by atoms with Gasteiger partial charge in [0.1, 0.15) is 0 Å². The standard InChI is InChI=1S/C25H29N5/c1-3-19(2)27-21-9-7-20(8-10-21)24-15-16-26-25(29-24)28-22-11-13-23(14-12-22)30-17-5-4-6-18-30/h7-16,27H,2-6,17-18H2,1H3,(H,26,28,29). The van der Waals surface area contributed by atoms with E-state index in [0.29, 0.717) is 5.95 Å². The molecule has 1 saturated heterocycles. The van der Waals surface area contributed by atoms with Gasteiger partial charge in [-0.2, -0.15) is 0 Å². The summed E-state index contributed by atoms with van der Waals surface area (Å²) in [6.07, 6.45) is 6.60. The van der Waals surface area contributed by atoms with E-state index in [4.69, 9.17) is 0 Å². The van der Waals surface area contributed by atoms with Crippen LogP contribution in [0.1, 0.15) is 32.6 Å². The molecule has 0 radical (unpaired) electrons. The number of aromatic nitrogens is 2. The summed E-state index contributed by atoms with van der Waals surface area (Å²) in [6, 6.07) is 18.7. The van der Waals surface area contributed by atoms with Gasteiger partial charge in [0.15, 0.2) is 0 Å². The van der Waals surface area contributed by atoms with Crippen LogP contribution in [0, 0.1) is 0 Å². The van der Waals surface area contributed by atoms with Crippen molar-refractivity contribution in [3.8, 4) is 11.3 Å². The largest absolute Gasteiger partial charge is 0.372 e. The quantitative estimate of drug-likeness (QED) is 0.494. The second-order valence-corrected chi connectivity index (χ2v) is 7.64. The molecule has 1 fully saturated rings. The minimum atomic E-state index is 0.597. The Bertz CT molecular complexity index is 973. The fraction of sp³-hybridized carbons (Fsp3) is 0.280. The molecule has 5 nitrogen and oxygen atoms in total. The van der Waals surface area contributed by atoms with Crippen molar-refractivity contribution in [1.82, 2.24) is 9.97 Å². The molecule has 0 saturated carbocycles. The number of allylic oxidation sites excluding steroid dienone is 1. The highest BCUT2D eigenvalue weighted by Crippen LogP contribution is 2.24. The van der Waals surface area contributed by atoms with E-state index in [2.05, 4.69) is 75.4 Å². The van der Waals surface area contributed by atoms with E-state index < -0.39 is 0 Å². The summed E-state index contributed by atoms with van der Waals surface area (Å²) in [7, 11) is 0. The van der Waals surface area contributed by atoms with Gasteiger partial charge in [-0.15, -0.1) is 0 Å². The van der Waals surface area contributed by atoms with Crippen LogP contribution in [-0.4, -0.2) is 23.1 Å². The fourth-order valence-corrected chi connectivity index (χ4v) is 3.63. The molecule has 2 heterocycles. The van der Waals surface area contributed by atoms with Crippen LogP contribution < -0.4 is 15.5 Å². The van der Waals surface area contributed by atoms with Gasteiger partial charge in [0.05, 0.1) is 5.69 Å². The van der Waals surface area contributed by atoms with Crippen molar-refractivity contribution in [2.24, 2.45) is 0 Å². The lowest BCUT2D eigenvalue weighted by Gasteiger charge is -2.28. The number of piperidine rings is 1. The van der Waals surface area contributed by atoms with Gasteiger partial charge >= 0.3 is 0 Å². The van der Waals surface area contributed by atoms with Gasteiger partial charge in [0.25, 0.3) is 0 Å². The lowest BCUT2D eigenvalue weighted by molar-refractivity contribution is 0.578. The van der Waals surface area contributed by atoms with Crippen LogP contribution >= 0.6 is 0 Å². The van der Waals surface area contributed by atoms with Crippen molar-refractivity contribution in [1.29, 1.82) is 0 Å². The second kappa shape index (κ2) is 9.44. The normalized spacial score (nSPS) is 13.7. The third kappa shape index (κ3) is 4.98. The number of hydrogen-bond acceptors (Lipinski definition) is 5. The van der Waals surface area contributed by atoms with E-state index >= 15 is 0 Å². The van der Waals surface area contributed by atoms with E-state index in [1.165, 1.54) is 24.9 Å². The van der Waals surface area contributed by atoms with E-state index in [9.17, 15) is 0 Å². The highest BCUT2D eigenvalue weighted by molar-refractivity contribution is 5.65. The number of anilines is 4. The molecule has 0 atom stereocenters. The minimum Gasteiger partial charge on any atom is -0.372 e. The molecular weight excluding hydrogens is 370 g/mol. The Morgan fingerprint density at radius 2 is 1.63 bits per heavy atom. The van der Waals surface area contributed by atoms with Crippen molar-refractivity contribution in [3.05, 3.63) is 73.1 Å². The zero-order chi connectivity index (χ0) is 20.8. The van der Waals surface area contributed by atoms with Crippen LogP contribution in [0.5, 0.6) is 0 Å². The molecule has 1 aliphatic heterocycles. The maximum absolute atomic E-state index is 4.69. The first-order chi connectivity index (χ1) is 14.7. The summed E-state index contributed by atoms with van der Waals surface area (Å²) in [5.74, 6) is 0.597. The molecule has 2 N–H and O–H groups in total. The molecule has 0 unspecified atom stereocenters. The van der Waals surface area contributed by atoms with Crippen molar-refractivity contribution in [3.63, 3.8) is 0 Å². The van der Waals surface area contributed by atoms with Gasteiger partial charge in [-0.05, 0) is 68.1 Å². The van der Waals surface area contributed by atoms with Crippen LogP contribution in [0.15, 0.2) is 73.1 Å².